The van der Waals surface area contributed by atoms with Crippen molar-refractivity contribution in [1.29, 1.82) is 0 Å². The zero-order chi connectivity index (χ0) is 14.5. The van der Waals surface area contributed by atoms with E-state index in [-0.39, 0.29) is 5.91 Å². The molecule has 2 rings (SSSR count). The number of nitrogens with one attached hydrogen (secondary N) is 1. The van der Waals surface area contributed by atoms with E-state index in [4.69, 9.17) is 10.5 Å². The third kappa shape index (κ3) is 3.61. The summed E-state index contributed by atoms with van der Waals surface area (Å²) in [5.74, 6) is 0.210. The molecular formula is C13H22N4O2S. The molecule has 0 unspecified atom stereocenters. The zero-order valence-electron chi connectivity index (χ0n) is 12.0. The van der Waals surface area contributed by atoms with Crippen molar-refractivity contribution in [2.24, 2.45) is 0 Å². The molecule has 1 heterocycles. The normalized spacial score (nSPS) is 14.3. The largest absolute Gasteiger partial charge is 0.382 e. The molecule has 112 valence electrons. The summed E-state index contributed by atoms with van der Waals surface area (Å²) in [5.41, 5.74) is 6.38. The van der Waals surface area contributed by atoms with Gasteiger partial charge in [0.1, 0.15) is 10.6 Å². The van der Waals surface area contributed by atoms with Crippen LogP contribution in [0, 0.1) is 0 Å². The highest BCUT2D eigenvalue weighted by Crippen LogP contribution is 2.31. The van der Waals surface area contributed by atoms with Crippen LogP contribution in [-0.4, -0.2) is 42.6 Å². The number of carbonyl (C=O) groups is 1. The first-order chi connectivity index (χ1) is 9.67. The number of nitrogen functional groups attached to an aromatic ring is 1. The van der Waals surface area contributed by atoms with Crippen LogP contribution in [0.3, 0.4) is 0 Å². The summed E-state index contributed by atoms with van der Waals surface area (Å²) in [6.45, 7) is 6.86. The van der Waals surface area contributed by atoms with Crippen molar-refractivity contribution in [3.63, 3.8) is 0 Å². The van der Waals surface area contributed by atoms with Crippen LogP contribution < -0.4 is 16.0 Å². The van der Waals surface area contributed by atoms with E-state index in [0.717, 1.165) is 30.9 Å². The van der Waals surface area contributed by atoms with Crippen LogP contribution in [-0.2, 0) is 4.74 Å². The first-order valence-electron chi connectivity index (χ1n) is 7.06. The fraction of sp³-hybridized carbons (Fsp3) is 0.692. The van der Waals surface area contributed by atoms with Crippen molar-refractivity contribution in [1.82, 2.24) is 9.69 Å². The van der Waals surface area contributed by atoms with E-state index >= 15 is 0 Å². The zero-order valence-corrected chi connectivity index (χ0v) is 12.8. The standard InChI is InChI=1S/C13H22N4O2S/c1-3-17(7-8-19-4-2)13-10(11(14)16-20-13)12(18)15-9-5-6-9/h9H,3-8H2,1-2H3,(H2,14,16)(H,15,18). The van der Waals surface area contributed by atoms with Crippen LogP contribution in [0.2, 0.25) is 0 Å². The summed E-state index contributed by atoms with van der Waals surface area (Å²) >= 11 is 1.28. The van der Waals surface area contributed by atoms with Gasteiger partial charge in [-0.1, -0.05) is 0 Å². The Morgan fingerprint density at radius 1 is 1.55 bits per heavy atom. The smallest absolute Gasteiger partial charge is 0.258 e. The molecule has 0 aromatic carbocycles. The van der Waals surface area contributed by atoms with E-state index in [2.05, 4.69) is 14.6 Å². The number of hydrogen-bond acceptors (Lipinski definition) is 6. The minimum absolute atomic E-state index is 0.108. The van der Waals surface area contributed by atoms with Gasteiger partial charge in [-0.05, 0) is 38.2 Å². The van der Waals surface area contributed by atoms with E-state index in [1.54, 1.807) is 0 Å². The van der Waals surface area contributed by atoms with Crippen LogP contribution in [0.5, 0.6) is 0 Å². The van der Waals surface area contributed by atoms with Gasteiger partial charge in [-0.2, -0.15) is 4.37 Å². The molecule has 1 saturated carbocycles. The van der Waals surface area contributed by atoms with Crippen LogP contribution in [0.15, 0.2) is 0 Å². The van der Waals surface area contributed by atoms with Gasteiger partial charge in [0.2, 0.25) is 0 Å². The lowest BCUT2D eigenvalue weighted by molar-refractivity contribution is 0.0952. The lowest BCUT2D eigenvalue weighted by Crippen LogP contribution is -2.31. The molecule has 0 radical (unpaired) electrons. The maximum absolute atomic E-state index is 12.3. The molecule has 1 aromatic heterocycles. The first-order valence-corrected chi connectivity index (χ1v) is 7.83. The predicted octanol–water partition coefficient (Wildman–Crippen LogP) is 1.48. The molecule has 1 amide bonds. The molecule has 7 heteroatoms. The monoisotopic (exact) mass is 298 g/mol. The molecular weight excluding hydrogens is 276 g/mol. The number of nitrogens with zero attached hydrogens (tertiary/aromatic N) is 2. The van der Waals surface area contributed by atoms with Crippen molar-refractivity contribution >= 4 is 28.3 Å². The Hall–Kier alpha value is -1.34. The second-order valence-corrected chi connectivity index (χ2v) is 5.52. The fourth-order valence-electron chi connectivity index (χ4n) is 1.93. The number of aromatic nitrogens is 1. The summed E-state index contributed by atoms with van der Waals surface area (Å²) in [4.78, 5) is 14.4. The predicted molar refractivity (Wildman–Crippen MR) is 81.4 cm³/mol. The van der Waals surface area contributed by atoms with Crippen molar-refractivity contribution in [3.8, 4) is 0 Å². The number of carbonyl (C=O) groups excluding carboxylic acids is 1. The Kier molecular flexibility index (Phi) is 5.19. The molecule has 1 aliphatic carbocycles. The van der Waals surface area contributed by atoms with Gasteiger partial charge in [0.05, 0.1) is 6.61 Å². The van der Waals surface area contributed by atoms with Crippen molar-refractivity contribution in [3.05, 3.63) is 5.56 Å². The number of likely N-dealkylation sites (N-methyl/N-ethyl adjacent to an activating group) is 1. The van der Waals surface area contributed by atoms with E-state index in [9.17, 15) is 4.79 Å². The summed E-state index contributed by atoms with van der Waals surface area (Å²) in [7, 11) is 0. The quantitative estimate of drug-likeness (QED) is 0.711. The minimum Gasteiger partial charge on any atom is -0.382 e. The molecule has 0 atom stereocenters. The minimum atomic E-state index is -0.108. The third-order valence-corrected chi connectivity index (χ3v) is 4.14. The van der Waals surface area contributed by atoms with Crippen LogP contribution in [0.25, 0.3) is 0 Å². The third-order valence-electron chi connectivity index (χ3n) is 3.22. The number of rotatable bonds is 8. The van der Waals surface area contributed by atoms with Crippen LogP contribution in [0.4, 0.5) is 10.8 Å². The Labute approximate surface area is 123 Å². The topological polar surface area (TPSA) is 80.5 Å². The molecule has 0 aliphatic heterocycles. The average molecular weight is 298 g/mol. The van der Waals surface area contributed by atoms with E-state index in [0.29, 0.717) is 30.6 Å². The fourth-order valence-corrected chi connectivity index (χ4v) is 2.83. The summed E-state index contributed by atoms with van der Waals surface area (Å²) in [6.07, 6.45) is 2.11. The van der Waals surface area contributed by atoms with Gasteiger partial charge in [0.15, 0.2) is 5.82 Å². The summed E-state index contributed by atoms with van der Waals surface area (Å²) in [6, 6.07) is 0.313. The maximum atomic E-state index is 12.3. The number of nitrogens with two attached hydrogens (primary N) is 1. The van der Waals surface area contributed by atoms with E-state index in [1.807, 2.05) is 13.8 Å². The van der Waals surface area contributed by atoms with Gasteiger partial charge in [-0.15, -0.1) is 0 Å². The van der Waals surface area contributed by atoms with E-state index in [1.165, 1.54) is 11.5 Å². The van der Waals surface area contributed by atoms with Gasteiger partial charge in [-0.25, -0.2) is 0 Å². The van der Waals surface area contributed by atoms with Crippen molar-refractivity contribution in [2.75, 3.05) is 36.9 Å². The Balaban J connectivity index is 2.10. The van der Waals surface area contributed by atoms with Gasteiger partial charge in [0, 0.05) is 25.7 Å². The second kappa shape index (κ2) is 6.90. The molecule has 0 saturated heterocycles. The number of hydrogen-bond donors (Lipinski definition) is 2. The molecule has 1 aliphatic rings. The molecule has 0 bridgehead atoms. The lowest BCUT2D eigenvalue weighted by Gasteiger charge is -2.21. The number of ether oxygens (including phenoxy) is 1. The highest BCUT2D eigenvalue weighted by atomic mass is 32.1. The number of anilines is 2. The van der Waals surface area contributed by atoms with Crippen molar-refractivity contribution < 1.29 is 9.53 Å². The SMILES string of the molecule is CCOCCN(CC)c1snc(N)c1C(=O)NC1CC1. The Bertz CT molecular complexity index is 459. The van der Waals surface area contributed by atoms with E-state index < -0.39 is 0 Å². The highest BCUT2D eigenvalue weighted by Gasteiger charge is 2.28. The van der Waals surface area contributed by atoms with Gasteiger partial charge in [-0.3, -0.25) is 4.79 Å². The highest BCUT2D eigenvalue weighted by molar-refractivity contribution is 7.11. The van der Waals surface area contributed by atoms with Crippen LogP contribution >= 0.6 is 11.5 Å². The average Bonchev–Trinajstić information content (AvgIpc) is 3.16. The Morgan fingerprint density at radius 3 is 2.90 bits per heavy atom. The second-order valence-electron chi connectivity index (χ2n) is 4.77. The molecule has 20 heavy (non-hydrogen) atoms. The summed E-state index contributed by atoms with van der Waals surface area (Å²) in [5, 5.41) is 3.81. The molecule has 6 nitrogen and oxygen atoms in total. The molecule has 1 fully saturated rings. The molecule has 1 aromatic rings. The van der Waals surface area contributed by atoms with Crippen LogP contribution in [0.1, 0.15) is 37.0 Å². The lowest BCUT2D eigenvalue weighted by atomic mass is 10.2. The number of amides is 1. The molecule has 3 N–H and O–H groups in total. The molecule has 0 spiro atoms. The first kappa shape index (κ1) is 15.1. The van der Waals surface area contributed by atoms with Gasteiger partial charge < -0.3 is 20.7 Å². The van der Waals surface area contributed by atoms with Crippen molar-refractivity contribution in [2.45, 2.75) is 32.7 Å². The maximum Gasteiger partial charge on any atom is 0.258 e. The Morgan fingerprint density at radius 2 is 2.30 bits per heavy atom. The summed E-state index contributed by atoms with van der Waals surface area (Å²) < 4.78 is 9.52. The van der Waals surface area contributed by atoms with Gasteiger partial charge in [0.25, 0.3) is 5.91 Å². The van der Waals surface area contributed by atoms with Gasteiger partial charge >= 0.3 is 0 Å².